The van der Waals surface area contributed by atoms with Crippen LogP contribution in [0.5, 0.6) is 0 Å². The van der Waals surface area contributed by atoms with Gasteiger partial charge in [0, 0.05) is 17.3 Å². The summed E-state index contributed by atoms with van der Waals surface area (Å²) >= 11 is 5.11. The van der Waals surface area contributed by atoms with Crippen molar-refractivity contribution in [3.63, 3.8) is 0 Å². The Morgan fingerprint density at radius 2 is 1.78 bits per heavy atom. The molecule has 0 atom stereocenters. The summed E-state index contributed by atoms with van der Waals surface area (Å²) in [7, 11) is 0. The van der Waals surface area contributed by atoms with Gasteiger partial charge in [0.05, 0.1) is 0 Å². The van der Waals surface area contributed by atoms with Crippen molar-refractivity contribution < 1.29 is 14.7 Å². The number of aliphatic carboxylic acids is 1. The van der Waals surface area contributed by atoms with Crippen LogP contribution in [0.15, 0.2) is 60.7 Å². The number of nitrogens with one attached hydrogen (secondary N) is 2. The van der Waals surface area contributed by atoms with Gasteiger partial charge in [0.1, 0.15) is 0 Å². The Labute approximate surface area is 138 Å². The smallest absolute Gasteiger partial charge is 0.328 e. The number of rotatable bonds is 4. The van der Waals surface area contributed by atoms with Gasteiger partial charge in [-0.1, -0.05) is 30.3 Å². The van der Waals surface area contributed by atoms with E-state index in [4.69, 9.17) is 17.3 Å². The summed E-state index contributed by atoms with van der Waals surface area (Å²) in [6.07, 6.45) is 2.52. The second-order valence-electron chi connectivity index (χ2n) is 4.57. The molecule has 0 spiro atoms. The van der Waals surface area contributed by atoms with Crippen LogP contribution in [0.3, 0.4) is 0 Å². The highest BCUT2D eigenvalue weighted by molar-refractivity contribution is 7.80. The van der Waals surface area contributed by atoms with Crippen molar-refractivity contribution >= 4 is 41.0 Å². The Morgan fingerprint density at radius 3 is 2.48 bits per heavy atom. The van der Waals surface area contributed by atoms with E-state index in [9.17, 15) is 9.59 Å². The van der Waals surface area contributed by atoms with E-state index < -0.39 is 5.97 Å². The predicted molar refractivity (Wildman–Crippen MR) is 93.2 cm³/mol. The van der Waals surface area contributed by atoms with Gasteiger partial charge in [0.25, 0.3) is 5.91 Å². The van der Waals surface area contributed by atoms with Crippen LogP contribution >= 0.6 is 12.2 Å². The minimum Gasteiger partial charge on any atom is -0.478 e. The van der Waals surface area contributed by atoms with E-state index in [0.717, 1.165) is 6.08 Å². The Hall–Kier alpha value is -2.99. The molecule has 3 N–H and O–H groups in total. The molecule has 0 bridgehead atoms. The number of benzene rings is 2. The minimum absolute atomic E-state index is 0.165. The summed E-state index contributed by atoms with van der Waals surface area (Å²) in [5, 5.41) is 14.3. The van der Waals surface area contributed by atoms with E-state index in [1.807, 2.05) is 6.07 Å². The van der Waals surface area contributed by atoms with Crippen LogP contribution in [0.4, 0.5) is 5.69 Å². The first-order valence-electron chi connectivity index (χ1n) is 6.73. The van der Waals surface area contributed by atoms with Crippen molar-refractivity contribution in [2.45, 2.75) is 0 Å². The van der Waals surface area contributed by atoms with E-state index in [-0.39, 0.29) is 11.0 Å². The highest BCUT2D eigenvalue weighted by Gasteiger charge is 2.07. The van der Waals surface area contributed by atoms with Gasteiger partial charge in [-0.25, -0.2) is 4.79 Å². The highest BCUT2D eigenvalue weighted by atomic mass is 32.1. The average molecular weight is 326 g/mol. The molecular formula is C17H14N2O3S. The number of carbonyl (C=O) groups excluding carboxylic acids is 1. The molecule has 2 rings (SSSR count). The first kappa shape index (κ1) is 16.4. The monoisotopic (exact) mass is 326 g/mol. The number of anilines is 1. The molecule has 2 aromatic rings. The van der Waals surface area contributed by atoms with Crippen molar-refractivity contribution in [3.05, 3.63) is 71.8 Å². The lowest BCUT2D eigenvalue weighted by molar-refractivity contribution is -0.131. The summed E-state index contributed by atoms with van der Waals surface area (Å²) in [5.41, 5.74) is 1.86. The zero-order valence-electron chi connectivity index (χ0n) is 12.0. The molecule has 0 fully saturated rings. The Balaban J connectivity index is 1.99. The molecule has 0 saturated carbocycles. The van der Waals surface area contributed by atoms with Gasteiger partial charge in [-0.2, -0.15) is 0 Å². The first-order valence-corrected chi connectivity index (χ1v) is 7.14. The molecule has 116 valence electrons. The lowest BCUT2D eigenvalue weighted by atomic mass is 10.2. The van der Waals surface area contributed by atoms with Crippen LogP contribution in [0.2, 0.25) is 0 Å². The van der Waals surface area contributed by atoms with Crippen LogP contribution < -0.4 is 10.6 Å². The maximum atomic E-state index is 12.0. The van der Waals surface area contributed by atoms with Crippen LogP contribution in [0, 0.1) is 0 Å². The molecule has 0 aliphatic rings. The fourth-order valence-corrected chi connectivity index (χ4v) is 2.03. The molecular weight excluding hydrogens is 312 g/mol. The van der Waals surface area contributed by atoms with Crippen LogP contribution in [0.25, 0.3) is 6.08 Å². The number of amides is 1. The second kappa shape index (κ2) is 7.86. The van der Waals surface area contributed by atoms with Gasteiger partial charge in [-0.15, -0.1) is 0 Å². The molecule has 5 nitrogen and oxygen atoms in total. The lowest BCUT2D eigenvalue weighted by Gasteiger charge is -2.10. The van der Waals surface area contributed by atoms with Crippen molar-refractivity contribution in [2.24, 2.45) is 0 Å². The Morgan fingerprint density at radius 1 is 1.04 bits per heavy atom. The van der Waals surface area contributed by atoms with Crippen molar-refractivity contribution in [2.75, 3.05) is 5.32 Å². The number of hydrogen-bond donors (Lipinski definition) is 3. The standard InChI is InChI=1S/C17H14N2O3S/c20-15(21)10-9-12-5-4-8-14(11-12)18-17(23)19-16(22)13-6-2-1-3-7-13/h1-11H,(H,20,21)(H2,18,19,22,23). The fourth-order valence-electron chi connectivity index (χ4n) is 1.81. The predicted octanol–water partition coefficient (Wildman–Crippen LogP) is 2.91. The third-order valence-corrected chi connectivity index (χ3v) is 3.03. The number of carbonyl (C=O) groups is 2. The van der Waals surface area contributed by atoms with Gasteiger partial charge in [-0.05, 0) is 48.1 Å². The maximum Gasteiger partial charge on any atom is 0.328 e. The van der Waals surface area contributed by atoms with Crippen molar-refractivity contribution in [1.82, 2.24) is 5.32 Å². The molecule has 23 heavy (non-hydrogen) atoms. The third-order valence-electron chi connectivity index (χ3n) is 2.83. The fraction of sp³-hybridized carbons (Fsp3) is 0. The summed E-state index contributed by atoms with van der Waals surface area (Å²) in [6, 6.07) is 15.7. The summed E-state index contributed by atoms with van der Waals surface area (Å²) in [6.45, 7) is 0. The molecule has 2 aromatic carbocycles. The van der Waals surface area contributed by atoms with Crippen LogP contribution in [0.1, 0.15) is 15.9 Å². The average Bonchev–Trinajstić information content (AvgIpc) is 2.54. The third kappa shape index (κ3) is 5.37. The lowest BCUT2D eigenvalue weighted by Crippen LogP contribution is -2.34. The van der Waals surface area contributed by atoms with E-state index in [1.54, 1.807) is 48.5 Å². The zero-order chi connectivity index (χ0) is 16.7. The van der Waals surface area contributed by atoms with Crippen LogP contribution in [-0.2, 0) is 4.79 Å². The van der Waals surface area contributed by atoms with E-state index >= 15 is 0 Å². The molecule has 0 heterocycles. The quantitative estimate of drug-likeness (QED) is 0.595. The molecule has 1 amide bonds. The molecule has 0 aliphatic heterocycles. The van der Waals surface area contributed by atoms with E-state index in [2.05, 4.69) is 10.6 Å². The Bertz CT molecular complexity index is 757. The molecule has 0 radical (unpaired) electrons. The summed E-state index contributed by atoms with van der Waals surface area (Å²) < 4.78 is 0. The SMILES string of the molecule is O=C(O)C=Cc1cccc(NC(=S)NC(=O)c2ccccc2)c1. The summed E-state index contributed by atoms with van der Waals surface area (Å²) in [4.78, 5) is 22.5. The van der Waals surface area contributed by atoms with E-state index in [0.29, 0.717) is 16.8 Å². The first-order chi connectivity index (χ1) is 11.0. The molecule has 0 unspecified atom stereocenters. The van der Waals surface area contributed by atoms with E-state index in [1.165, 1.54) is 6.08 Å². The van der Waals surface area contributed by atoms with Gasteiger partial charge in [0.15, 0.2) is 5.11 Å². The number of thiocarbonyl (C=S) groups is 1. The van der Waals surface area contributed by atoms with Gasteiger partial charge < -0.3 is 10.4 Å². The van der Waals surface area contributed by atoms with Gasteiger partial charge in [0.2, 0.25) is 0 Å². The van der Waals surface area contributed by atoms with Gasteiger partial charge >= 0.3 is 5.97 Å². The topological polar surface area (TPSA) is 78.4 Å². The summed E-state index contributed by atoms with van der Waals surface area (Å²) in [5.74, 6) is -1.32. The van der Waals surface area contributed by atoms with Gasteiger partial charge in [-0.3, -0.25) is 10.1 Å². The van der Waals surface area contributed by atoms with Crippen molar-refractivity contribution in [3.8, 4) is 0 Å². The number of carboxylic acid groups (broad SMARTS) is 1. The Kier molecular flexibility index (Phi) is 5.60. The number of hydrogen-bond acceptors (Lipinski definition) is 3. The molecule has 0 aromatic heterocycles. The zero-order valence-corrected chi connectivity index (χ0v) is 12.8. The highest BCUT2D eigenvalue weighted by Crippen LogP contribution is 2.12. The largest absolute Gasteiger partial charge is 0.478 e. The molecule has 0 aliphatic carbocycles. The minimum atomic E-state index is -1.02. The number of carboxylic acids is 1. The molecule has 6 heteroatoms. The van der Waals surface area contributed by atoms with Crippen LogP contribution in [-0.4, -0.2) is 22.1 Å². The van der Waals surface area contributed by atoms with Crippen molar-refractivity contribution in [1.29, 1.82) is 0 Å². The normalized spacial score (nSPS) is 10.3. The molecule has 0 saturated heterocycles. The maximum absolute atomic E-state index is 12.0. The second-order valence-corrected chi connectivity index (χ2v) is 4.98.